The van der Waals surface area contributed by atoms with Crippen LogP contribution in [0.15, 0.2) is 53.2 Å². The maximum Gasteiger partial charge on any atom is 0.324 e. The summed E-state index contributed by atoms with van der Waals surface area (Å²) in [5.74, 6) is 0.655. The summed E-state index contributed by atoms with van der Waals surface area (Å²) in [5.41, 5.74) is 7.60. The van der Waals surface area contributed by atoms with Crippen molar-refractivity contribution in [2.75, 3.05) is 16.0 Å². The molecule has 0 spiro atoms. The number of rotatable bonds is 5. The minimum Gasteiger partial charge on any atom is -0.359 e. The Hall–Kier alpha value is -3.43. The first kappa shape index (κ1) is 23.8. The zero-order valence-electron chi connectivity index (χ0n) is 17.4. The number of amides is 3. The Morgan fingerprint density at radius 1 is 1.00 bits per heavy atom. The first-order valence-electron chi connectivity index (χ1n) is 9.36. The fourth-order valence-corrected chi connectivity index (χ4v) is 2.52. The van der Waals surface area contributed by atoms with Crippen molar-refractivity contribution < 1.29 is 14.1 Å². The molecule has 0 radical (unpaired) electrons. The minimum atomic E-state index is -0.455. The number of halogens is 1. The van der Waals surface area contributed by atoms with Crippen LogP contribution in [0.25, 0.3) is 0 Å². The topological polar surface area (TPSA) is 135 Å². The molecule has 3 amide bonds. The molecular weight excluding hydrogens is 420 g/mol. The number of carbonyl (C=O) groups is 2. The molecule has 164 valence electrons. The second kappa shape index (κ2) is 10.1. The first-order valence-corrected chi connectivity index (χ1v) is 9.36. The third kappa shape index (κ3) is 6.53. The summed E-state index contributed by atoms with van der Waals surface area (Å²) >= 11 is 0. The van der Waals surface area contributed by atoms with Gasteiger partial charge in [0.05, 0.1) is 0 Å². The van der Waals surface area contributed by atoms with Crippen LogP contribution < -0.4 is 21.7 Å². The van der Waals surface area contributed by atoms with Crippen LogP contribution in [0.3, 0.4) is 0 Å². The molecule has 3 rings (SSSR count). The highest BCUT2D eigenvalue weighted by atomic mass is 35.5. The molecule has 1 aromatic carbocycles. The number of carbonyl (C=O) groups excluding carboxylic acids is 2. The lowest BCUT2D eigenvalue weighted by molar-refractivity contribution is 0.102. The summed E-state index contributed by atoms with van der Waals surface area (Å²) in [4.78, 5) is 28.5. The van der Waals surface area contributed by atoms with E-state index in [0.717, 1.165) is 5.56 Å². The SMILES string of the molecule is CC(C)(C)c1cc(NC(=O)Nc2ccc(NC(=O)c3cc(CN)ccn3)cc2)no1.Cl. The maximum absolute atomic E-state index is 12.3. The minimum absolute atomic E-state index is 0. The number of hydrogen-bond donors (Lipinski definition) is 4. The van der Waals surface area contributed by atoms with E-state index < -0.39 is 6.03 Å². The lowest BCUT2D eigenvalue weighted by Crippen LogP contribution is -2.19. The van der Waals surface area contributed by atoms with E-state index in [0.29, 0.717) is 29.5 Å². The number of pyridine rings is 1. The molecule has 0 aliphatic rings. The number of aromatic nitrogens is 2. The summed E-state index contributed by atoms with van der Waals surface area (Å²) in [6, 6.07) is 11.3. The zero-order valence-corrected chi connectivity index (χ0v) is 18.2. The zero-order chi connectivity index (χ0) is 21.7. The fourth-order valence-electron chi connectivity index (χ4n) is 2.52. The van der Waals surface area contributed by atoms with Crippen LogP contribution in [0, 0.1) is 0 Å². The Kier molecular flexibility index (Phi) is 7.73. The molecule has 5 N–H and O–H groups in total. The summed E-state index contributed by atoms with van der Waals surface area (Å²) in [7, 11) is 0. The van der Waals surface area contributed by atoms with E-state index in [1.54, 1.807) is 48.7 Å². The maximum atomic E-state index is 12.3. The molecule has 0 atom stereocenters. The predicted molar refractivity (Wildman–Crippen MR) is 122 cm³/mol. The molecule has 10 heteroatoms. The Morgan fingerprint density at radius 2 is 1.65 bits per heavy atom. The molecule has 0 bridgehead atoms. The van der Waals surface area contributed by atoms with Crippen molar-refractivity contribution in [3.63, 3.8) is 0 Å². The van der Waals surface area contributed by atoms with Gasteiger partial charge < -0.3 is 20.9 Å². The molecule has 31 heavy (non-hydrogen) atoms. The van der Waals surface area contributed by atoms with Gasteiger partial charge in [0.25, 0.3) is 5.91 Å². The van der Waals surface area contributed by atoms with E-state index in [1.165, 1.54) is 0 Å². The van der Waals surface area contributed by atoms with Crippen molar-refractivity contribution in [1.29, 1.82) is 0 Å². The molecule has 2 aromatic heterocycles. The van der Waals surface area contributed by atoms with Crippen molar-refractivity contribution in [2.24, 2.45) is 5.73 Å². The van der Waals surface area contributed by atoms with E-state index >= 15 is 0 Å². The Labute approximate surface area is 186 Å². The standard InChI is InChI=1S/C21H24N6O3.ClH/c1-21(2,3)17-11-18(27-30-17)26-20(29)25-15-6-4-14(5-7-15)24-19(28)16-10-13(12-22)8-9-23-16;/h4-11H,12,22H2,1-3H3,(H,24,28)(H2,25,26,27,29);1H. The van der Waals surface area contributed by atoms with Crippen LogP contribution in [0.2, 0.25) is 0 Å². The van der Waals surface area contributed by atoms with E-state index in [9.17, 15) is 9.59 Å². The highest BCUT2D eigenvalue weighted by Gasteiger charge is 2.20. The van der Waals surface area contributed by atoms with Gasteiger partial charge in [0.1, 0.15) is 11.5 Å². The molecule has 0 saturated carbocycles. The van der Waals surface area contributed by atoms with Gasteiger partial charge in [-0.15, -0.1) is 12.4 Å². The molecule has 2 heterocycles. The van der Waals surface area contributed by atoms with Crippen molar-refractivity contribution in [3.05, 3.63) is 65.7 Å². The Morgan fingerprint density at radius 3 is 2.23 bits per heavy atom. The third-order valence-corrected chi connectivity index (χ3v) is 4.18. The monoisotopic (exact) mass is 444 g/mol. The van der Waals surface area contributed by atoms with Crippen LogP contribution >= 0.6 is 12.4 Å². The van der Waals surface area contributed by atoms with Gasteiger partial charge in [0.2, 0.25) is 0 Å². The second-order valence-electron chi connectivity index (χ2n) is 7.69. The number of hydrogen-bond acceptors (Lipinski definition) is 6. The van der Waals surface area contributed by atoms with Crippen LogP contribution in [0.5, 0.6) is 0 Å². The van der Waals surface area contributed by atoms with E-state index in [1.807, 2.05) is 20.8 Å². The summed E-state index contributed by atoms with van der Waals surface area (Å²) in [5, 5.41) is 11.9. The van der Waals surface area contributed by atoms with Crippen LogP contribution in [0.4, 0.5) is 22.0 Å². The van der Waals surface area contributed by atoms with Crippen molar-refractivity contribution in [2.45, 2.75) is 32.7 Å². The quantitative estimate of drug-likeness (QED) is 0.467. The van der Waals surface area contributed by atoms with Gasteiger partial charge in [-0.05, 0) is 42.0 Å². The largest absolute Gasteiger partial charge is 0.359 e. The van der Waals surface area contributed by atoms with E-state index in [4.69, 9.17) is 10.3 Å². The van der Waals surface area contributed by atoms with Crippen molar-refractivity contribution in [1.82, 2.24) is 10.1 Å². The van der Waals surface area contributed by atoms with Gasteiger partial charge in [0.15, 0.2) is 5.82 Å². The first-order chi connectivity index (χ1) is 14.2. The fraction of sp³-hybridized carbons (Fsp3) is 0.238. The summed E-state index contributed by atoms with van der Waals surface area (Å²) < 4.78 is 5.24. The van der Waals surface area contributed by atoms with Crippen LogP contribution in [-0.4, -0.2) is 22.1 Å². The second-order valence-corrected chi connectivity index (χ2v) is 7.69. The van der Waals surface area contributed by atoms with Crippen LogP contribution in [0.1, 0.15) is 42.6 Å². The number of benzene rings is 1. The smallest absolute Gasteiger partial charge is 0.324 e. The van der Waals surface area contributed by atoms with E-state index in [2.05, 4.69) is 26.1 Å². The van der Waals surface area contributed by atoms with Gasteiger partial charge in [-0.2, -0.15) is 0 Å². The van der Waals surface area contributed by atoms with Crippen LogP contribution in [-0.2, 0) is 12.0 Å². The Bertz CT molecular complexity index is 1040. The summed E-state index contributed by atoms with van der Waals surface area (Å²) in [6.07, 6.45) is 1.54. The average molecular weight is 445 g/mol. The average Bonchev–Trinajstić information content (AvgIpc) is 3.18. The molecule has 0 aliphatic heterocycles. The molecule has 9 nitrogen and oxygen atoms in total. The van der Waals surface area contributed by atoms with Gasteiger partial charge in [-0.1, -0.05) is 25.9 Å². The van der Waals surface area contributed by atoms with Crippen molar-refractivity contribution >= 4 is 41.5 Å². The highest BCUT2D eigenvalue weighted by Crippen LogP contribution is 2.24. The summed E-state index contributed by atoms with van der Waals surface area (Å²) in [6.45, 7) is 6.30. The number of nitrogens with zero attached hydrogens (tertiary/aromatic N) is 2. The van der Waals surface area contributed by atoms with Gasteiger partial charge in [-0.25, -0.2) is 4.79 Å². The van der Waals surface area contributed by atoms with Crippen molar-refractivity contribution in [3.8, 4) is 0 Å². The molecule has 0 unspecified atom stereocenters. The number of nitrogens with two attached hydrogens (primary N) is 1. The molecular formula is C21H25ClN6O3. The molecule has 0 fully saturated rings. The molecule has 3 aromatic rings. The Balaban J connectivity index is 0.00000341. The number of urea groups is 1. The molecule has 0 saturated heterocycles. The van der Waals surface area contributed by atoms with Gasteiger partial charge >= 0.3 is 6.03 Å². The van der Waals surface area contributed by atoms with Gasteiger partial charge in [0, 0.05) is 35.6 Å². The number of nitrogens with one attached hydrogen (secondary N) is 3. The molecule has 0 aliphatic carbocycles. The lowest BCUT2D eigenvalue weighted by atomic mass is 9.93. The normalized spacial score (nSPS) is 10.7. The third-order valence-electron chi connectivity index (χ3n) is 4.18. The predicted octanol–water partition coefficient (Wildman–Crippen LogP) is 4.14. The van der Waals surface area contributed by atoms with Gasteiger partial charge in [-0.3, -0.25) is 15.1 Å². The van der Waals surface area contributed by atoms with E-state index in [-0.39, 0.29) is 29.4 Å². The highest BCUT2D eigenvalue weighted by molar-refractivity contribution is 6.03. The lowest BCUT2D eigenvalue weighted by Gasteiger charge is -2.12. The number of anilines is 3.